The van der Waals surface area contributed by atoms with Gasteiger partial charge in [0.2, 0.25) is 11.8 Å². The Morgan fingerprint density at radius 3 is 2.62 bits per heavy atom. The molecule has 0 bridgehead atoms. The zero-order chi connectivity index (χ0) is 15.6. The van der Waals surface area contributed by atoms with Crippen LogP contribution in [0.5, 0.6) is 0 Å². The van der Waals surface area contributed by atoms with Gasteiger partial charge in [0.1, 0.15) is 6.04 Å². The number of aryl methyl sites for hydroxylation is 1. The minimum Gasteiger partial charge on any atom is -0.408 e. The minimum absolute atomic E-state index is 0.224. The molecule has 2 heterocycles. The monoisotopic (exact) mass is 290 g/mol. The molecule has 1 saturated heterocycles. The SMILES string of the molecule is CC.Cc1ccc2c(c1)oc(=O)n2C1CCC(=O)NC1=O. The van der Waals surface area contributed by atoms with Crippen LogP contribution < -0.4 is 11.1 Å². The van der Waals surface area contributed by atoms with Crippen LogP contribution in [0.1, 0.15) is 38.3 Å². The van der Waals surface area contributed by atoms with Gasteiger partial charge in [-0.25, -0.2) is 4.79 Å². The summed E-state index contributed by atoms with van der Waals surface area (Å²) in [7, 11) is 0. The molecule has 1 atom stereocenters. The predicted molar refractivity (Wildman–Crippen MR) is 78.0 cm³/mol. The summed E-state index contributed by atoms with van der Waals surface area (Å²) >= 11 is 0. The van der Waals surface area contributed by atoms with E-state index in [9.17, 15) is 14.4 Å². The number of rotatable bonds is 1. The number of oxazole rings is 1. The fourth-order valence-corrected chi connectivity index (χ4v) is 2.37. The molecule has 0 spiro atoms. The van der Waals surface area contributed by atoms with E-state index in [1.807, 2.05) is 26.8 Å². The van der Waals surface area contributed by atoms with Crippen LogP contribution >= 0.6 is 0 Å². The van der Waals surface area contributed by atoms with Gasteiger partial charge in [-0.1, -0.05) is 19.9 Å². The van der Waals surface area contributed by atoms with Crippen LogP contribution in [0, 0.1) is 6.92 Å². The van der Waals surface area contributed by atoms with Crippen molar-refractivity contribution in [3.63, 3.8) is 0 Å². The molecular weight excluding hydrogens is 272 g/mol. The molecule has 1 aliphatic rings. The Morgan fingerprint density at radius 1 is 1.24 bits per heavy atom. The van der Waals surface area contributed by atoms with Gasteiger partial charge in [-0.15, -0.1) is 0 Å². The van der Waals surface area contributed by atoms with Gasteiger partial charge in [-0.3, -0.25) is 19.5 Å². The molecule has 2 aromatic rings. The summed E-state index contributed by atoms with van der Waals surface area (Å²) < 4.78 is 6.47. The molecule has 1 aromatic heterocycles. The molecule has 2 amide bonds. The molecule has 1 unspecified atom stereocenters. The summed E-state index contributed by atoms with van der Waals surface area (Å²) in [5.74, 6) is -1.34. The standard InChI is InChI=1S/C13H12N2O4.C2H6/c1-7-2-3-8-10(6-7)19-13(18)15(8)9-4-5-11(16)14-12(9)17;1-2/h2-3,6,9H,4-5H2,1H3,(H,14,16,17);1-2H3. The third kappa shape index (κ3) is 2.74. The molecule has 0 radical (unpaired) electrons. The molecule has 21 heavy (non-hydrogen) atoms. The highest BCUT2D eigenvalue weighted by molar-refractivity contribution is 6.00. The number of hydrogen-bond acceptors (Lipinski definition) is 4. The number of carbonyl (C=O) groups is 2. The highest BCUT2D eigenvalue weighted by atomic mass is 16.4. The van der Waals surface area contributed by atoms with Crippen molar-refractivity contribution in [3.8, 4) is 0 Å². The third-order valence-corrected chi connectivity index (χ3v) is 3.29. The van der Waals surface area contributed by atoms with E-state index in [1.165, 1.54) is 4.57 Å². The molecule has 0 saturated carbocycles. The van der Waals surface area contributed by atoms with Crippen LogP contribution in [0.4, 0.5) is 0 Å². The number of aromatic nitrogens is 1. The number of amides is 2. The van der Waals surface area contributed by atoms with E-state index in [-0.39, 0.29) is 12.3 Å². The van der Waals surface area contributed by atoms with Gasteiger partial charge < -0.3 is 4.42 Å². The summed E-state index contributed by atoms with van der Waals surface area (Å²) in [6.45, 7) is 5.89. The van der Waals surface area contributed by atoms with Crippen molar-refractivity contribution in [2.75, 3.05) is 0 Å². The van der Waals surface area contributed by atoms with Crippen LogP contribution in [0.25, 0.3) is 11.1 Å². The number of fused-ring (bicyclic) bond motifs is 1. The highest BCUT2D eigenvalue weighted by Gasteiger charge is 2.31. The number of piperidine rings is 1. The summed E-state index contributed by atoms with van der Waals surface area (Å²) in [4.78, 5) is 34.9. The average Bonchev–Trinajstić information content (AvgIpc) is 2.76. The average molecular weight is 290 g/mol. The quantitative estimate of drug-likeness (QED) is 0.813. The van der Waals surface area contributed by atoms with Gasteiger partial charge in [0.25, 0.3) is 0 Å². The molecular formula is C15H18N2O4. The molecule has 1 aromatic carbocycles. The second-order valence-electron chi connectivity index (χ2n) is 4.68. The maximum atomic E-state index is 11.9. The molecule has 6 nitrogen and oxygen atoms in total. The Bertz CT molecular complexity index is 742. The van der Waals surface area contributed by atoms with Gasteiger partial charge in [-0.2, -0.15) is 0 Å². The van der Waals surface area contributed by atoms with Crippen LogP contribution in [-0.4, -0.2) is 16.4 Å². The topological polar surface area (TPSA) is 81.3 Å². The zero-order valence-electron chi connectivity index (χ0n) is 12.3. The van der Waals surface area contributed by atoms with Gasteiger partial charge in [0.15, 0.2) is 5.58 Å². The lowest BCUT2D eigenvalue weighted by molar-refractivity contribution is -0.135. The Labute approximate surface area is 121 Å². The summed E-state index contributed by atoms with van der Waals surface area (Å²) in [5.41, 5.74) is 2.00. The number of nitrogens with zero attached hydrogens (tertiary/aromatic N) is 1. The first-order valence-electron chi connectivity index (χ1n) is 7.01. The molecule has 1 N–H and O–H groups in total. The van der Waals surface area contributed by atoms with Gasteiger partial charge >= 0.3 is 5.76 Å². The first kappa shape index (κ1) is 15.0. The number of imide groups is 1. The largest absolute Gasteiger partial charge is 0.420 e. The molecule has 1 fully saturated rings. The first-order chi connectivity index (χ1) is 10.1. The van der Waals surface area contributed by atoms with Crippen molar-refractivity contribution < 1.29 is 14.0 Å². The lowest BCUT2D eigenvalue weighted by atomic mass is 10.1. The van der Waals surface area contributed by atoms with E-state index in [0.717, 1.165) is 5.56 Å². The number of hydrogen-bond donors (Lipinski definition) is 1. The Hall–Kier alpha value is -2.37. The fourth-order valence-electron chi connectivity index (χ4n) is 2.37. The minimum atomic E-state index is -0.686. The molecule has 0 aliphatic carbocycles. The van der Waals surface area contributed by atoms with Crippen molar-refractivity contribution in [2.24, 2.45) is 0 Å². The van der Waals surface area contributed by atoms with Crippen molar-refractivity contribution in [1.82, 2.24) is 9.88 Å². The molecule has 1 aliphatic heterocycles. The number of benzene rings is 1. The van der Waals surface area contributed by atoms with Gasteiger partial charge in [-0.05, 0) is 31.0 Å². The van der Waals surface area contributed by atoms with Crippen LogP contribution in [-0.2, 0) is 9.59 Å². The Morgan fingerprint density at radius 2 is 1.95 bits per heavy atom. The van der Waals surface area contributed by atoms with Crippen molar-refractivity contribution in [1.29, 1.82) is 0 Å². The lowest BCUT2D eigenvalue weighted by Crippen LogP contribution is -2.43. The number of nitrogens with one attached hydrogen (secondary N) is 1. The van der Waals surface area contributed by atoms with Crippen molar-refractivity contribution in [2.45, 2.75) is 39.7 Å². The first-order valence-corrected chi connectivity index (χ1v) is 7.01. The molecule has 112 valence electrons. The van der Waals surface area contributed by atoms with E-state index < -0.39 is 17.7 Å². The smallest absolute Gasteiger partial charge is 0.408 e. The highest BCUT2D eigenvalue weighted by Crippen LogP contribution is 2.23. The zero-order valence-corrected chi connectivity index (χ0v) is 12.3. The summed E-state index contributed by atoms with van der Waals surface area (Å²) in [6, 6.07) is 4.66. The third-order valence-electron chi connectivity index (χ3n) is 3.29. The van der Waals surface area contributed by atoms with E-state index >= 15 is 0 Å². The fraction of sp³-hybridized carbons (Fsp3) is 0.400. The normalized spacial score (nSPS) is 18.1. The summed E-state index contributed by atoms with van der Waals surface area (Å²) in [6.07, 6.45) is 0.536. The van der Waals surface area contributed by atoms with Crippen LogP contribution in [0.2, 0.25) is 0 Å². The second kappa shape index (κ2) is 5.95. The number of carbonyl (C=O) groups excluding carboxylic acids is 2. The maximum Gasteiger partial charge on any atom is 0.420 e. The Kier molecular flexibility index (Phi) is 4.26. The van der Waals surface area contributed by atoms with E-state index in [0.29, 0.717) is 17.5 Å². The molecule has 6 heteroatoms. The van der Waals surface area contributed by atoms with E-state index in [4.69, 9.17) is 4.42 Å². The van der Waals surface area contributed by atoms with Crippen molar-refractivity contribution >= 4 is 22.9 Å². The van der Waals surface area contributed by atoms with Gasteiger partial charge in [0, 0.05) is 6.42 Å². The van der Waals surface area contributed by atoms with E-state index in [2.05, 4.69) is 5.32 Å². The second-order valence-corrected chi connectivity index (χ2v) is 4.68. The van der Waals surface area contributed by atoms with Crippen molar-refractivity contribution in [3.05, 3.63) is 34.3 Å². The summed E-state index contributed by atoms with van der Waals surface area (Å²) in [5, 5.41) is 2.24. The lowest BCUT2D eigenvalue weighted by Gasteiger charge is -2.21. The molecule has 3 rings (SSSR count). The van der Waals surface area contributed by atoms with Crippen LogP contribution in [0.15, 0.2) is 27.4 Å². The Balaban J connectivity index is 0.000000774. The van der Waals surface area contributed by atoms with E-state index in [1.54, 1.807) is 12.1 Å². The predicted octanol–water partition coefficient (Wildman–Crippen LogP) is 1.91. The van der Waals surface area contributed by atoms with Gasteiger partial charge in [0.05, 0.1) is 5.52 Å². The maximum absolute atomic E-state index is 11.9. The van der Waals surface area contributed by atoms with Crippen LogP contribution in [0.3, 0.4) is 0 Å².